The molecule has 4 nitrogen and oxygen atoms in total. The number of para-hydroxylation sites is 1. The predicted octanol–water partition coefficient (Wildman–Crippen LogP) is 0.450. The van der Waals surface area contributed by atoms with Crippen molar-refractivity contribution in [3.63, 3.8) is 0 Å². The Morgan fingerprint density at radius 1 is 1.27 bits per heavy atom. The van der Waals surface area contributed by atoms with Gasteiger partial charge in [0, 0.05) is 18.5 Å². The van der Waals surface area contributed by atoms with Crippen LogP contribution in [0.25, 0.3) is 0 Å². The van der Waals surface area contributed by atoms with Crippen molar-refractivity contribution in [1.82, 2.24) is 16.3 Å². The summed E-state index contributed by atoms with van der Waals surface area (Å²) in [5.74, 6) is 0.630. The van der Waals surface area contributed by atoms with Crippen LogP contribution in [0, 0.1) is 5.92 Å². The largest absolute Gasteiger partial charge is 0.289 e. The molecule has 0 saturated carbocycles. The Balaban J connectivity index is 1.88. The molecular formula is C11H16N4. The van der Waals surface area contributed by atoms with E-state index in [2.05, 4.69) is 52.5 Å². The first-order valence-electron chi connectivity index (χ1n) is 5.45. The van der Waals surface area contributed by atoms with Gasteiger partial charge in [0.25, 0.3) is 0 Å². The summed E-state index contributed by atoms with van der Waals surface area (Å²) in [4.78, 5) is 0. The average molecular weight is 204 g/mol. The second-order valence-corrected chi connectivity index (χ2v) is 4.26. The van der Waals surface area contributed by atoms with E-state index in [-0.39, 0.29) is 0 Å². The number of nitrogens with zero attached hydrogens (tertiary/aromatic N) is 1. The zero-order valence-electron chi connectivity index (χ0n) is 8.77. The molecule has 15 heavy (non-hydrogen) atoms. The average Bonchev–Trinajstić information content (AvgIpc) is 2.84. The van der Waals surface area contributed by atoms with E-state index in [0.29, 0.717) is 18.1 Å². The third-order valence-corrected chi connectivity index (χ3v) is 3.29. The summed E-state index contributed by atoms with van der Waals surface area (Å²) in [7, 11) is 0. The molecule has 2 fully saturated rings. The van der Waals surface area contributed by atoms with Crippen LogP contribution in [0.5, 0.6) is 0 Å². The number of anilines is 1. The van der Waals surface area contributed by atoms with Gasteiger partial charge < -0.3 is 0 Å². The van der Waals surface area contributed by atoms with E-state index >= 15 is 0 Å². The molecule has 3 N–H and O–H groups in total. The van der Waals surface area contributed by atoms with Crippen molar-refractivity contribution in [3.05, 3.63) is 30.3 Å². The molecular weight excluding hydrogens is 188 g/mol. The number of rotatable bonds is 1. The van der Waals surface area contributed by atoms with Crippen molar-refractivity contribution >= 4 is 5.69 Å². The highest BCUT2D eigenvalue weighted by Gasteiger charge is 2.42. The SMILES string of the molecule is CC1NN(c2ccccc2)C2NNCC12. The quantitative estimate of drug-likeness (QED) is 0.621. The second kappa shape index (κ2) is 3.48. The van der Waals surface area contributed by atoms with E-state index in [1.165, 1.54) is 5.69 Å². The highest BCUT2D eigenvalue weighted by atomic mass is 15.7. The number of fused-ring (bicyclic) bond motifs is 1. The molecule has 2 aliphatic heterocycles. The highest BCUT2D eigenvalue weighted by Crippen LogP contribution is 2.27. The van der Waals surface area contributed by atoms with E-state index in [1.807, 2.05) is 6.07 Å². The topological polar surface area (TPSA) is 39.3 Å². The molecule has 1 aromatic rings. The molecule has 2 aliphatic rings. The molecule has 0 radical (unpaired) electrons. The summed E-state index contributed by atoms with van der Waals surface area (Å²) < 4.78 is 0. The fraction of sp³-hybridized carbons (Fsp3) is 0.455. The van der Waals surface area contributed by atoms with Crippen LogP contribution in [0.15, 0.2) is 30.3 Å². The Kier molecular flexibility index (Phi) is 2.12. The van der Waals surface area contributed by atoms with Crippen LogP contribution < -0.4 is 21.3 Å². The molecule has 1 aromatic carbocycles. The van der Waals surface area contributed by atoms with Crippen LogP contribution in [0.1, 0.15) is 6.92 Å². The molecule has 0 spiro atoms. The fourth-order valence-electron chi connectivity index (χ4n) is 2.43. The first kappa shape index (κ1) is 9.15. The Morgan fingerprint density at radius 2 is 2.07 bits per heavy atom. The number of nitrogens with one attached hydrogen (secondary N) is 3. The number of benzene rings is 1. The van der Waals surface area contributed by atoms with E-state index < -0.39 is 0 Å². The molecule has 2 heterocycles. The summed E-state index contributed by atoms with van der Waals surface area (Å²) in [6, 6.07) is 10.9. The Morgan fingerprint density at radius 3 is 2.87 bits per heavy atom. The van der Waals surface area contributed by atoms with Crippen LogP contribution in [0.3, 0.4) is 0 Å². The van der Waals surface area contributed by atoms with E-state index in [4.69, 9.17) is 0 Å². The first-order chi connectivity index (χ1) is 7.36. The lowest BCUT2D eigenvalue weighted by Crippen LogP contribution is -2.47. The molecule has 0 amide bonds. The maximum atomic E-state index is 3.50. The fourth-order valence-corrected chi connectivity index (χ4v) is 2.43. The van der Waals surface area contributed by atoms with Crippen LogP contribution in [-0.2, 0) is 0 Å². The summed E-state index contributed by atoms with van der Waals surface area (Å²) in [6.45, 7) is 3.26. The number of hydrogen-bond acceptors (Lipinski definition) is 4. The predicted molar refractivity (Wildman–Crippen MR) is 59.9 cm³/mol. The smallest absolute Gasteiger partial charge is 0.113 e. The summed E-state index contributed by atoms with van der Waals surface area (Å²) in [5, 5.41) is 2.22. The Hall–Kier alpha value is -1.10. The zero-order valence-corrected chi connectivity index (χ0v) is 8.77. The van der Waals surface area contributed by atoms with Gasteiger partial charge in [-0.2, -0.15) is 0 Å². The Bertz CT molecular complexity index is 340. The zero-order chi connectivity index (χ0) is 10.3. The molecule has 3 unspecified atom stereocenters. The van der Waals surface area contributed by atoms with Gasteiger partial charge in [0.2, 0.25) is 0 Å². The lowest BCUT2D eigenvalue weighted by Gasteiger charge is -2.25. The van der Waals surface area contributed by atoms with E-state index in [0.717, 1.165) is 6.54 Å². The van der Waals surface area contributed by atoms with Gasteiger partial charge in [-0.3, -0.25) is 10.4 Å². The second-order valence-electron chi connectivity index (χ2n) is 4.26. The minimum atomic E-state index is 0.363. The van der Waals surface area contributed by atoms with Crippen molar-refractivity contribution in [3.8, 4) is 0 Å². The third-order valence-electron chi connectivity index (χ3n) is 3.29. The van der Waals surface area contributed by atoms with Crippen molar-refractivity contribution in [2.24, 2.45) is 5.92 Å². The van der Waals surface area contributed by atoms with E-state index in [1.54, 1.807) is 0 Å². The number of hydrazine groups is 2. The van der Waals surface area contributed by atoms with E-state index in [9.17, 15) is 0 Å². The van der Waals surface area contributed by atoms with Crippen molar-refractivity contribution < 1.29 is 0 Å². The summed E-state index contributed by atoms with van der Waals surface area (Å²) in [6.07, 6.45) is 0.363. The highest BCUT2D eigenvalue weighted by molar-refractivity contribution is 5.47. The minimum Gasteiger partial charge on any atom is -0.289 e. The molecule has 0 aromatic heterocycles. The van der Waals surface area contributed by atoms with Gasteiger partial charge in [0.05, 0.1) is 5.69 Å². The molecule has 3 rings (SSSR count). The molecule has 3 atom stereocenters. The van der Waals surface area contributed by atoms with Crippen molar-refractivity contribution in [2.45, 2.75) is 19.1 Å². The molecule has 80 valence electrons. The van der Waals surface area contributed by atoms with Crippen molar-refractivity contribution in [2.75, 3.05) is 11.6 Å². The normalized spacial score (nSPS) is 34.5. The monoisotopic (exact) mass is 204 g/mol. The van der Waals surface area contributed by atoms with Gasteiger partial charge in [-0.15, -0.1) is 0 Å². The Labute approximate surface area is 89.6 Å². The lowest BCUT2D eigenvalue weighted by atomic mass is 10.0. The van der Waals surface area contributed by atoms with Crippen LogP contribution in [0.4, 0.5) is 5.69 Å². The first-order valence-corrected chi connectivity index (χ1v) is 5.45. The van der Waals surface area contributed by atoms with Gasteiger partial charge in [-0.1, -0.05) is 18.2 Å². The van der Waals surface area contributed by atoms with Crippen LogP contribution in [0.2, 0.25) is 0 Å². The van der Waals surface area contributed by atoms with Gasteiger partial charge in [-0.25, -0.2) is 10.9 Å². The van der Waals surface area contributed by atoms with Gasteiger partial charge >= 0.3 is 0 Å². The van der Waals surface area contributed by atoms with Crippen LogP contribution in [-0.4, -0.2) is 18.8 Å². The maximum Gasteiger partial charge on any atom is 0.113 e. The van der Waals surface area contributed by atoms with Gasteiger partial charge in [-0.05, 0) is 19.1 Å². The molecule has 0 bridgehead atoms. The summed E-state index contributed by atoms with van der Waals surface area (Å²) in [5.41, 5.74) is 11.3. The molecule has 4 heteroatoms. The van der Waals surface area contributed by atoms with Gasteiger partial charge in [0.1, 0.15) is 6.17 Å². The van der Waals surface area contributed by atoms with Crippen LogP contribution >= 0.6 is 0 Å². The van der Waals surface area contributed by atoms with Gasteiger partial charge in [0.15, 0.2) is 0 Å². The van der Waals surface area contributed by atoms with Crippen molar-refractivity contribution in [1.29, 1.82) is 0 Å². The maximum absolute atomic E-state index is 3.50. The summed E-state index contributed by atoms with van der Waals surface area (Å²) >= 11 is 0. The molecule has 0 aliphatic carbocycles. The number of hydrogen-bond donors (Lipinski definition) is 3. The minimum absolute atomic E-state index is 0.363. The third kappa shape index (κ3) is 1.42. The molecule has 2 saturated heterocycles. The standard InChI is InChI=1S/C11H16N4/c1-8-10-7-12-13-11(10)15(14-8)9-5-3-2-4-6-9/h2-6,8,10-14H,7H2,1H3. The lowest BCUT2D eigenvalue weighted by molar-refractivity contribution is 0.493.